The molecule has 2 saturated carbocycles. The highest BCUT2D eigenvalue weighted by Gasteiger charge is 2.40. The third-order valence-corrected chi connectivity index (χ3v) is 5.16. The maximum absolute atomic E-state index is 12.3. The summed E-state index contributed by atoms with van der Waals surface area (Å²) in [5, 5.41) is 14.4. The molecule has 0 saturated heterocycles. The SMILES string of the molecule is CN(C)CC1CCCCC1(O)c1cccc(C(=O)NC2CC2)c1. The highest BCUT2D eigenvalue weighted by molar-refractivity contribution is 5.94. The number of hydrogen-bond acceptors (Lipinski definition) is 3. The van der Waals surface area contributed by atoms with Gasteiger partial charge < -0.3 is 15.3 Å². The summed E-state index contributed by atoms with van der Waals surface area (Å²) < 4.78 is 0. The fourth-order valence-electron chi connectivity index (χ4n) is 3.72. The third kappa shape index (κ3) is 3.75. The number of amides is 1. The van der Waals surface area contributed by atoms with Crippen LogP contribution in [0.3, 0.4) is 0 Å². The van der Waals surface area contributed by atoms with E-state index >= 15 is 0 Å². The van der Waals surface area contributed by atoms with Gasteiger partial charge in [-0.15, -0.1) is 0 Å². The zero-order valence-corrected chi connectivity index (χ0v) is 14.2. The Hall–Kier alpha value is -1.39. The van der Waals surface area contributed by atoms with Crippen LogP contribution in [0, 0.1) is 5.92 Å². The first kappa shape index (κ1) is 16.5. The van der Waals surface area contributed by atoms with Crippen LogP contribution in [0.25, 0.3) is 0 Å². The van der Waals surface area contributed by atoms with Crippen LogP contribution in [0.4, 0.5) is 0 Å². The molecule has 0 spiro atoms. The predicted molar refractivity (Wildman–Crippen MR) is 91.3 cm³/mol. The van der Waals surface area contributed by atoms with Crippen LogP contribution in [0.2, 0.25) is 0 Å². The summed E-state index contributed by atoms with van der Waals surface area (Å²) in [5.41, 5.74) is 0.739. The number of carbonyl (C=O) groups is 1. The van der Waals surface area contributed by atoms with Crippen LogP contribution < -0.4 is 5.32 Å². The summed E-state index contributed by atoms with van der Waals surface area (Å²) in [6.07, 6.45) is 6.19. The molecule has 0 radical (unpaired) electrons. The fraction of sp³-hybridized carbons (Fsp3) is 0.632. The molecule has 2 unspecified atom stereocenters. The Morgan fingerprint density at radius 1 is 1.30 bits per heavy atom. The maximum atomic E-state index is 12.3. The molecule has 2 atom stereocenters. The molecule has 1 aromatic rings. The van der Waals surface area contributed by atoms with Gasteiger partial charge in [0.05, 0.1) is 5.60 Å². The minimum Gasteiger partial charge on any atom is -0.385 e. The molecule has 2 N–H and O–H groups in total. The number of benzene rings is 1. The summed E-state index contributed by atoms with van der Waals surface area (Å²) in [6, 6.07) is 7.96. The smallest absolute Gasteiger partial charge is 0.251 e. The van der Waals surface area contributed by atoms with E-state index in [4.69, 9.17) is 0 Å². The van der Waals surface area contributed by atoms with Crippen LogP contribution in [0.5, 0.6) is 0 Å². The molecule has 0 aromatic heterocycles. The van der Waals surface area contributed by atoms with E-state index in [1.807, 2.05) is 24.3 Å². The van der Waals surface area contributed by atoms with Gasteiger partial charge in [0.1, 0.15) is 0 Å². The first-order chi connectivity index (χ1) is 11.0. The van der Waals surface area contributed by atoms with E-state index in [2.05, 4.69) is 24.3 Å². The monoisotopic (exact) mass is 316 g/mol. The molecule has 0 aliphatic heterocycles. The number of nitrogens with zero attached hydrogens (tertiary/aromatic N) is 1. The van der Waals surface area contributed by atoms with Gasteiger partial charge in [-0.2, -0.15) is 0 Å². The van der Waals surface area contributed by atoms with Crippen molar-refractivity contribution < 1.29 is 9.90 Å². The first-order valence-electron chi connectivity index (χ1n) is 8.77. The van der Waals surface area contributed by atoms with Gasteiger partial charge in [0.25, 0.3) is 5.91 Å². The molecule has 1 amide bonds. The largest absolute Gasteiger partial charge is 0.385 e. The normalized spacial score (nSPS) is 27.9. The van der Waals surface area contributed by atoms with Crippen molar-refractivity contribution in [2.24, 2.45) is 5.92 Å². The second kappa shape index (κ2) is 6.62. The van der Waals surface area contributed by atoms with E-state index < -0.39 is 5.60 Å². The number of rotatable bonds is 5. The minimum absolute atomic E-state index is 0.0158. The van der Waals surface area contributed by atoms with Crippen molar-refractivity contribution >= 4 is 5.91 Å². The Morgan fingerprint density at radius 2 is 2.09 bits per heavy atom. The molecular weight excluding hydrogens is 288 g/mol. The topological polar surface area (TPSA) is 52.6 Å². The Balaban J connectivity index is 1.83. The zero-order chi connectivity index (χ0) is 16.4. The van der Waals surface area contributed by atoms with E-state index in [-0.39, 0.29) is 11.8 Å². The maximum Gasteiger partial charge on any atom is 0.251 e. The van der Waals surface area contributed by atoms with Gasteiger partial charge in [-0.05, 0) is 57.5 Å². The van der Waals surface area contributed by atoms with Gasteiger partial charge in [0, 0.05) is 24.1 Å². The molecule has 23 heavy (non-hydrogen) atoms. The Bertz CT molecular complexity index is 568. The molecule has 0 heterocycles. The van der Waals surface area contributed by atoms with Crippen LogP contribution in [-0.4, -0.2) is 42.6 Å². The molecule has 4 nitrogen and oxygen atoms in total. The van der Waals surface area contributed by atoms with Crippen molar-refractivity contribution in [3.05, 3.63) is 35.4 Å². The minimum atomic E-state index is -0.821. The standard InChI is InChI=1S/C19H28N2O2/c1-21(2)13-16-7-3-4-11-19(16,23)15-8-5-6-14(12-15)18(22)20-17-9-10-17/h5-6,8,12,16-17,23H,3-4,7,9-11,13H2,1-2H3,(H,20,22). The van der Waals surface area contributed by atoms with Gasteiger partial charge in [-0.1, -0.05) is 25.0 Å². The highest BCUT2D eigenvalue weighted by atomic mass is 16.3. The Labute approximate surface area is 138 Å². The number of hydrogen-bond donors (Lipinski definition) is 2. The molecule has 2 aliphatic carbocycles. The van der Waals surface area contributed by atoms with Crippen molar-refractivity contribution in [3.8, 4) is 0 Å². The second-order valence-electron chi connectivity index (χ2n) is 7.46. The van der Waals surface area contributed by atoms with Crippen LogP contribution in [0.1, 0.15) is 54.4 Å². The third-order valence-electron chi connectivity index (χ3n) is 5.16. The lowest BCUT2D eigenvalue weighted by Gasteiger charge is -2.42. The lowest BCUT2D eigenvalue weighted by Crippen LogP contribution is -2.43. The zero-order valence-electron chi connectivity index (χ0n) is 14.2. The summed E-state index contributed by atoms with van der Waals surface area (Å²) in [7, 11) is 4.10. The van der Waals surface area contributed by atoms with Crippen molar-refractivity contribution in [1.82, 2.24) is 10.2 Å². The van der Waals surface area contributed by atoms with E-state index in [0.717, 1.165) is 44.2 Å². The van der Waals surface area contributed by atoms with Crippen LogP contribution >= 0.6 is 0 Å². The molecule has 2 aliphatic rings. The summed E-state index contributed by atoms with van der Waals surface area (Å²) in [4.78, 5) is 14.4. The molecule has 4 heteroatoms. The summed E-state index contributed by atoms with van der Waals surface area (Å²) in [6.45, 7) is 0.870. The van der Waals surface area contributed by atoms with Gasteiger partial charge in [0.15, 0.2) is 0 Å². The second-order valence-corrected chi connectivity index (χ2v) is 7.46. The van der Waals surface area contributed by atoms with Gasteiger partial charge in [0.2, 0.25) is 0 Å². The van der Waals surface area contributed by atoms with Crippen molar-refractivity contribution in [2.75, 3.05) is 20.6 Å². The van der Waals surface area contributed by atoms with E-state index in [0.29, 0.717) is 11.6 Å². The molecule has 126 valence electrons. The van der Waals surface area contributed by atoms with Gasteiger partial charge >= 0.3 is 0 Å². The average Bonchev–Trinajstić information content (AvgIpc) is 3.33. The first-order valence-corrected chi connectivity index (χ1v) is 8.77. The Morgan fingerprint density at radius 3 is 2.78 bits per heavy atom. The quantitative estimate of drug-likeness (QED) is 0.877. The Kier molecular flexibility index (Phi) is 4.74. The van der Waals surface area contributed by atoms with Gasteiger partial charge in [-0.25, -0.2) is 0 Å². The van der Waals surface area contributed by atoms with Crippen LogP contribution in [0.15, 0.2) is 24.3 Å². The van der Waals surface area contributed by atoms with E-state index in [9.17, 15) is 9.90 Å². The fourth-order valence-corrected chi connectivity index (χ4v) is 3.72. The van der Waals surface area contributed by atoms with Gasteiger partial charge in [-0.3, -0.25) is 4.79 Å². The number of carbonyl (C=O) groups excluding carboxylic acids is 1. The lowest BCUT2D eigenvalue weighted by atomic mass is 9.71. The predicted octanol–water partition coefficient (Wildman–Crippen LogP) is 2.52. The number of aliphatic hydroxyl groups is 1. The van der Waals surface area contributed by atoms with E-state index in [1.54, 1.807) is 0 Å². The molecule has 1 aromatic carbocycles. The molecule has 3 rings (SSSR count). The lowest BCUT2D eigenvalue weighted by molar-refractivity contribution is -0.0618. The average molecular weight is 316 g/mol. The molecular formula is C19H28N2O2. The molecule has 0 bridgehead atoms. The summed E-state index contributed by atoms with van der Waals surface area (Å²) in [5.74, 6) is 0.200. The van der Waals surface area contributed by atoms with Crippen molar-refractivity contribution in [1.29, 1.82) is 0 Å². The highest BCUT2D eigenvalue weighted by Crippen LogP contribution is 2.42. The summed E-state index contributed by atoms with van der Waals surface area (Å²) >= 11 is 0. The van der Waals surface area contributed by atoms with Crippen molar-refractivity contribution in [2.45, 2.75) is 50.2 Å². The van der Waals surface area contributed by atoms with E-state index in [1.165, 1.54) is 6.42 Å². The van der Waals surface area contributed by atoms with Crippen LogP contribution in [-0.2, 0) is 5.60 Å². The molecule has 2 fully saturated rings. The number of nitrogens with one attached hydrogen (secondary N) is 1. The van der Waals surface area contributed by atoms with Crippen molar-refractivity contribution in [3.63, 3.8) is 0 Å².